The van der Waals surface area contributed by atoms with Gasteiger partial charge in [0.15, 0.2) is 0 Å². The minimum Gasteiger partial charge on any atom is -0.266 e. The zero-order valence-electron chi connectivity index (χ0n) is 9.08. The maximum Gasteiger partial charge on any atom is 0.285 e. The van der Waals surface area contributed by atoms with Gasteiger partial charge in [-0.05, 0) is 11.6 Å². The number of hydrogen-bond acceptors (Lipinski definition) is 2. The van der Waals surface area contributed by atoms with E-state index >= 15 is 0 Å². The van der Waals surface area contributed by atoms with Crippen molar-refractivity contribution in [2.75, 3.05) is 0 Å². The van der Waals surface area contributed by atoms with Crippen molar-refractivity contribution in [2.45, 2.75) is 6.54 Å². The van der Waals surface area contributed by atoms with E-state index < -0.39 is 0 Å². The average molecular weight is 247 g/mol. The van der Waals surface area contributed by atoms with E-state index in [-0.39, 0.29) is 10.6 Å². The molecule has 1 heterocycles. The Morgan fingerprint density at radius 1 is 1.24 bits per heavy atom. The highest BCUT2D eigenvalue weighted by Crippen LogP contribution is 2.01. The van der Waals surface area contributed by atoms with Crippen LogP contribution in [0.25, 0.3) is 6.08 Å². The fourth-order valence-corrected chi connectivity index (χ4v) is 1.56. The van der Waals surface area contributed by atoms with Crippen LogP contribution < -0.4 is 5.56 Å². The number of aromatic nitrogens is 2. The van der Waals surface area contributed by atoms with E-state index in [2.05, 4.69) is 5.10 Å². The van der Waals surface area contributed by atoms with Crippen LogP contribution in [0.1, 0.15) is 5.56 Å². The molecule has 2 aromatic rings. The van der Waals surface area contributed by atoms with Crippen molar-refractivity contribution in [1.29, 1.82) is 0 Å². The first-order valence-electron chi connectivity index (χ1n) is 5.20. The maximum absolute atomic E-state index is 11.5. The molecule has 0 aliphatic rings. The van der Waals surface area contributed by atoms with Crippen molar-refractivity contribution in [2.24, 2.45) is 0 Å². The topological polar surface area (TPSA) is 34.9 Å². The van der Waals surface area contributed by atoms with E-state index in [0.717, 1.165) is 5.56 Å². The van der Waals surface area contributed by atoms with Gasteiger partial charge in [-0.2, -0.15) is 5.10 Å². The number of nitrogens with zero attached hydrogens (tertiary/aromatic N) is 2. The first-order chi connectivity index (χ1) is 8.27. The molecule has 17 heavy (non-hydrogen) atoms. The molecule has 4 heteroatoms. The Morgan fingerprint density at radius 3 is 2.76 bits per heavy atom. The molecule has 0 fully saturated rings. The molecule has 1 aromatic carbocycles. The lowest BCUT2D eigenvalue weighted by Crippen LogP contribution is -2.21. The Bertz CT molecular complexity index is 575. The summed E-state index contributed by atoms with van der Waals surface area (Å²) in [4.78, 5) is 11.5. The Kier molecular flexibility index (Phi) is 3.73. The summed E-state index contributed by atoms with van der Waals surface area (Å²) < 4.78 is 1.32. The monoisotopic (exact) mass is 246 g/mol. The van der Waals surface area contributed by atoms with Gasteiger partial charge in [0, 0.05) is 6.20 Å². The fourth-order valence-electron chi connectivity index (χ4n) is 1.41. The lowest BCUT2D eigenvalue weighted by molar-refractivity contribution is 0.653. The highest BCUT2D eigenvalue weighted by Gasteiger charge is 1.98. The second-order valence-corrected chi connectivity index (χ2v) is 3.89. The van der Waals surface area contributed by atoms with Crippen LogP contribution in [0.2, 0.25) is 5.02 Å². The van der Waals surface area contributed by atoms with Crippen molar-refractivity contribution in [3.8, 4) is 0 Å². The molecule has 0 saturated heterocycles. The minimum absolute atomic E-state index is 0.188. The summed E-state index contributed by atoms with van der Waals surface area (Å²) in [5.74, 6) is 0. The number of rotatable bonds is 3. The van der Waals surface area contributed by atoms with E-state index in [1.54, 1.807) is 0 Å². The molecule has 0 unspecified atom stereocenters. The van der Waals surface area contributed by atoms with Gasteiger partial charge in [-0.3, -0.25) is 4.79 Å². The van der Waals surface area contributed by atoms with Crippen LogP contribution in [0.4, 0.5) is 0 Å². The van der Waals surface area contributed by atoms with E-state index in [1.807, 2.05) is 42.5 Å². The summed E-state index contributed by atoms with van der Waals surface area (Å²) >= 11 is 5.71. The van der Waals surface area contributed by atoms with Gasteiger partial charge in [-0.1, -0.05) is 54.1 Å². The van der Waals surface area contributed by atoms with Crippen molar-refractivity contribution >= 4 is 17.7 Å². The lowest BCUT2D eigenvalue weighted by atomic mass is 10.2. The van der Waals surface area contributed by atoms with E-state index in [4.69, 9.17) is 11.6 Å². The van der Waals surface area contributed by atoms with Crippen molar-refractivity contribution in [3.05, 3.63) is 69.6 Å². The second-order valence-electron chi connectivity index (χ2n) is 3.48. The van der Waals surface area contributed by atoms with E-state index in [9.17, 15) is 4.79 Å². The Balaban J connectivity index is 2.11. The third kappa shape index (κ3) is 3.04. The molecule has 0 bridgehead atoms. The molecule has 2 rings (SSSR count). The zero-order valence-corrected chi connectivity index (χ0v) is 9.84. The molecular formula is C13H11ClN2O. The highest BCUT2D eigenvalue weighted by atomic mass is 35.5. The molecule has 0 atom stereocenters. The number of allylic oxidation sites excluding steroid dienone is 1. The van der Waals surface area contributed by atoms with Crippen LogP contribution >= 0.6 is 11.6 Å². The second kappa shape index (κ2) is 5.46. The smallest absolute Gasteiger partial charge is 0.266 e. The number of hydrogen-bond donors (Lipinski definition) is 0. The van der Waals surface area contributed by atoms with Crippen LogP contribution in [0.3, 0.4) is 0 Å². The molecule has 0 saturated carbocycles. The quantitative estimate of drug-likeness (QED) is 0.835. The predicted molar refractivity (Wildman–Crippen MR) is 69.0 cm³/mol. The summed E-state index contributed by atoms with van der Waals surface area (Å²) in [6.07, 6.45) is 5.33. The van der Waals surface area contributed by atoms with E-state index in [0.29, 0.717) is 6.54 Å². The van der Waals surface area contributed by atoms with Crippen molar-refractivity contribution < 1.29 is 0 Å². The average Bonchev–Trinajstić information content (AvgIpc) is 2.36. The molecule has 3 nitrogen and oxygen atoms in total. The molecule has 1 aromatic heterocycles. The van der Waals surface area contributed by atoms with Gasteiger partial charge in [-0.25, -0.2) is 4.68 Å². The minimum atomic E-state index is -0.271. The molecule has 0 N–H and O–H groups in total. The SMILES string of the molecule is O=c1c(Cl)ccnn1CC=Cc1ccccc1. The summed E-state index contributed by atoms with van der Waals surface area (Å²) in [5, 5.41) is 4.13. The zero-order chi connectivity index (χ0) is 12.1. The summed E-state index contributed by atoms with van der Waals surface area (Å²) in [5.41, 5.74) is 0.814. The summed E-state index contributed by atoms with van der Waals surface area (Å²) in [6.45, 7) is 0.411. The van der Waals surface area contributed by atoms with Gasteiger partial charge in [-0.15, -0.1) is 0 Å². The predicted octanol–water partition coefficient (Wildman–Crippen LogP) is 2.61. The Morgan fingerprint density at radius 2 is 2.00 bits per heavy atom. The van der Waals surface area contributed by atoms with Crippen LogP contribution in [-0.4, -0.2) is 9.78 Å². The van der Waals surface area contributed by atoms with Gasteiger partial charge >= 0.3 is 0 Å². The van der Waals surface area contributed by atoms with Crippen molar-refractivity contribution in [3.63, 3.8) is 0 Å². The van der Waals surface area contributed by atoms with Crippen LogP contribution in [0, 0.1) is 0 Å². The summed E-state index contributed by atoms with van der Waals surface area (Å²) in [7, 11) is 0. The maximum atomic E-state index is 11.5. The Labute approximate surface area is 104 Å². The first-order valence-corrected chi connectivity index (χ1v) is 5.58. The lowest BCUT2D eigenvalue weighted by Gasteiger charge is -1.99. The summed E-state index contributed by atoms with van der Waals surface area (Å²) in [6, 6.07) is 11.4. The highest BCUT2D eigenvalue weighted by molar-refractivity contribution is 6.30. The van der Waals surface area contributed by atoms with Gasteiger partial charge in [0.25, 0.3) is 5.56 Å². The number of halogens is 1. The molecule has 86 valence electrons. The Hall–Kier alpha value is -1.87. The van der Waals surface area contributed by atoms with Gasteiger partial charge < -0.3 is 0 Å². The van der Waals surface area contributed by atoms with Gasteiger partial charge in [0.1, 0.15) is 5.02 Å². The van der Waals surface area contributed by atoms with Gasteiger partial charge in [0.05, 0.1) is 6.54 Å². The standard InChI is InChI=1S/C13H11ClN2O/c14-12-8-9-15-16(13(12)17)10-4-7-11-5-2-1-3-6-11/h1-9H,10H2. The largest absolute Gasteiger partial charge is 0.285 e. The number of benzene rings is 1. The van der Waals surface area contributed by atoms with Gasteiger partial charge in [0.2, 0.25) is 0 Å². The van der Waals surface area contributed by atoms with E-state index in [1.165, 1.54) is 16.9 Å². The van der Waals surface area contributed by atoms with Crippen LogP contribution in [-0.2, 0) is 6.54 Å². The van der Waals surface area contributed by atoms with Crippen LogP contribution in [0.15, 0.2) is 53.5 Å². The molecule has 0 radical (unpaired) electrons. The molecule has 0 aliphatic carbocycles. The van der Waals surface area contributed by atoms with Crippen LogP contribution in [0.5, 0.6) is 0 Å². The molecule has 0 amide bonds. The fraction of sp³-hybridized carbons (Fsp3) is 0.0769. The first kappa shape index (κ1) is 11.6. The third-order valence-corrected chi connectivity index (χ3v) is 2.54. The normalized spacial score (nSPS) is 10.9. The molecular weight excluding hydrogens is 236 g/mol. The third-order valence-electron chi connectivity index (χ3n) is 2.25. The molecule has 0 spiro atoms. The molecule has 0 aliphatic heterocycles. The van der Waals surface area contributed by atoms with Crippen molar-refractivity contribution in [1.82, 2.24) is 9.78 Å².